The number of carbonyl (C=O) groups is 1. The highest BCUT2D eigenvalue weighted by Crippen LogP contribution is 2.23. The van der Waals surface area contributed by atoms with Crippen molar-refractivity contribution >= 4 is 17.6 Å². The van der Waals surface area contributed by atoms with Crippen LogP contribution in [-0.4, -0.2) is 23.7 Å². The number of nitrogens with one attached hydrogen (secondary N) is 2. The van der Waals surface area contributed by atoms with Gasteiger partial charge in [-0.1, -0.05) is 55.3 Å². The topological polar surface area (TPSA) is 103 Å². The van der Waals surface area contributed by atoms with Gasteiger partial charge in [-0.2, -0.15) is 5.26 Å². The van der Waals surface area contributed by atoms with Gasteiger partial charge in [-0.05, 0) is 36.8 Å². The van der Waals surface area contributed by atoms with Crippen molar-refractivity contribution in [3.05, 3.63) is 47.7 Å². The van der Waals surface area contributed by atoms with Gasteiger partial charge >= 0.3 is 0 Å². The summed E-state index contributed by atoms with van der Waals surface area (Å²) in [6.45, 7) is 2.73. The fourth-order valence-corrected chi connectivity index (χ4v) is 3.33. The molecule has 0 fully saturated rings. The third kappa shape index (κ3) is 8.59. The van der Waals surface area contributed by atoms with E-state index in [9.17, 15) is 4.79 Å². The summed E-state index contributed by atoms with van der Waals surface area (Å²) in [5.74, 6) is 0.980. The Kier molecular flexibility index (Phi) is 10.8. The van der Waals surface area contributed by atoms with Gasteiger partial charge in [-0.15, -0.1) is 0 Å². The second-order valence-electron chi connectivity index (χ2n) is 7.59. The predicted octanol–water partition coefficient (Wildman–Crippen LogP) is 5.70. The Morgan fingerprint density at radius 2 is 1.97 bits per heavy atom. The number of allylic oxidation sites excluding steroid dienone is 2. The van der Waals surface area contributed by atoms with Gasteiger partial charge in [0.05, 0.1) is 0 Å². The van der Waals surface area contributed by atoms with Crippen LogP contribution in [0.1, 0.15) is 69.6 Å². The number of aromatic nitrogens is 1. The summed E-state index contributed by atoms with van der Waals surface area (Å²) in [4.78, 5) is 11.9. The zero-order chi connectivity index (χ0) is 22.3. The van der Waals surface area contributed by atoms with E-state index in [1.807, 2.05) is 36.5 Å². The van der Waals surface area contributed by atoms with E-state index in [0.717, 1.165) is 47.4 Å². The van der Waals surface area contributed by atoms with Crippen LogP contribution in [0.5, 0.6) is 0 Å². The third-order valence-corrected chi connectivity index (χ3v) is 5.12. The molecule has 0 aliphatic rings. The minimum Gasteiger partial charge on any atom is -0.361 e. The molecule has 2 aromatic rings. The number of hydrogen-bond acceptors (Lipinski definition) is 6. The van der Waals surface area contributed by atoms with Gasteiger partial charge in [-0.3, -0.25) is 4.79 Å². The van der Waals surface area contributed by atoms with Crippen molar-refractivity contribution in [2.45, 2.75) is 64.7 Å². The summed E-state index contributed by atoms with van der Waals surface area (Å²) in [7, 11) is 0. The van der Waals surface area contributed by atoms with Crippen LogP contribution in [0.25, 0.3) is 16.8 Å². The number of rotatable bonds is 15. The summed E-state index contributed by atoms with van der Waals surface area (Å²) in [6.07, 6.45) is 13.0. The summed E-state index contributed by atoms with van der Waals surface area (Å²) < 4.78 is 5.43. The fraction of sp³-hybridized carbons (Fsp3) is 0.440. The monoisotopic (exact) mass is 420 g/mol. The number of benzene rings is 1. The molecule has 1 heterocycles. The first-order chi connectivity index (χ1) is 15.2. The van der Waals surface area contributed by atoms with Crippen molar-refractivity contribution < 1.29 is 9.32 Å². The minimum absolute atomic E-state index is 0.208. The lowest BCUT2D eigenvalue weighted by molar-refractivity contribution is -0.119. The van der Waals surface area contributed by atoms with Crippen LogP contribution in [0, 0.1) is 16.9 Å². The molecule has 0 unspecified atom stereocenters. The van der Waals surface area contributed by atoms with Crippen LogP contribution in [-0.2, 0) is 11.2 Å². The Bertz CT molecular complexity index is 891. The van der Waals surface area contributed by atoms with Gasteiger partial charge in [0.15, 0.2) is 6.19 Å². The standard InChI is InChI=1S/C25H32N4O2/c1-2-3-4-5-8-22(18-26)20-12-14-21(15-13-20)25-17-24(31-29-25)11-6-9-23(30)10-7-16-28-19-27/h8,12-15,17-18,26,28H,2-7,9-11,16H2,1H3/b22-8+,26-18?. The van der Waals surface area contributed by atoms with Crippen molar-refractivity contribution in [3.63, 3.8) is 0 Å². The maximum absolute atomic E-state index is 11.9. The van der Waals surface area contributed by atoms with Crippen LogP contribution in [0.3, 0.4) is 0 Å². The molecule has 0 saturated heterocycles. The first kappa shape index (κ1) is 24.1. The van der Waals surface area contributed by atoms with Gasteiger partial charge < -0.3 is 15.2 Å². The van der Waals surface area contributed by atoms with E-state index in [1.165, 1.54) is 19.1 Å². The normalized spacial score (nSPS) is 11.2. The van der Waals surface area contributed by atoms with Crippen LogP contribution in [0.4, 0.5) is 0 Å². The molecule has 1 aromatic heterocycles. The second kappa shape index (κ2) is 13.9. The molecule has 0 aliphatic heterocycles. The Morgan fingerprint density at radius 1 is 1.19 bits per heavy atom. The zero-order valence-electron chi connectivity index (χ0n) is 18.3. The lowest BCUT2D eigenvalue weighted by Gasteiger charge is -2.03. The molecule has 2 N–H and O–H groups in total. The third-order valence-electron chi connectivity index (χ3n) is 5.12. The molecule has 0 amide bonds. The molecular weight excluding hydrogens is 388 g/mol. The summed E-state index contributed by atoms with van der Waals surface area (Å²) in [5.41, 5.74) is 3.72. The van der Waals surface area contributed by atoms with Gasteiger partial charge in [0.25, 0.3) is 0 Å². The molecule has 1 aromatic carbocycles. The van der Waals surface area contributed by atoms with E-state index in [-0.39, 0.29) is 5.78 Å². The Balaban J connectivity index is 1.85. The maximum atomic E-state index is 11.9. The first-order valence-electron chi connectivity index (χ1n) is 11.1. The van der Waals surface area contributed by atoms with Crippen molar-refractivity contribution in [1.82, 2.24) is 10.5 Å². The summed E-state index contributed by atoms with van der Waals surface area (Å²) in [6, 6.07) is 9.95. The number of carbonyl (C=O) groups excluding carboxylic acids is 1. The van der Waals surface area contributed by atoms with E-state index >= 15 is 0 Å². The van der Waals surface area contributed by atoms with Gasteiger partial charge in [0.1, 0.15) is 17.2 Å². The highest BCUT2D eigenvalue weighted by molar-refractivity contribution is 6.08. The summed E-state index contributed by atoms with van der Waals surface area (Å²) >= 11 is 0. The van der Waals surface area contributed by atoms with Crippen molar-refractivity contribution in [2.24, 2.45) is 0 Å². The van der Waals surface area contributed by atoms with Crippen LogP contribution in [0.15, 0.2) is 40.9 Å². The molecule has 0 radical (unpaired) electrons. The van der Waals surface area contributed by atoms with Gasteiger partial charge in [-0.25, -0.2) is 0 Å². The molecule has 6 heteroatoms. The largest absolute Gasteiger partial charge is 0.361 e. The highest BCUT2D eigenvalue weighted by atomic mass is 16.5. The molecule has 0 saturated carbocycles. The minimum atomic E-state index is 0.208. The molecule has 6 nitrogen and oxygen atoms in total. The first-order valence-corrected chi connectivity index (χ1v) is 11.1. The molecule has 2 rings (SSSR count). The molecule has 164 valence electrons. The fourth-order valence-electron chi connectivity index (χ4n) is 3.33. The number of nitrogens with zero attached hydrogens (tertiary/aromatic N) is 2. The van der Waals surface area contributed by atoms with E-state index in [0.29, 0.717) is 32.2 Å². The smallest absolute Gasteiger partial charge is 0.176 e. The number of aryl methyl sites for hydroxylation is 1. The second-order valence-corrected chi connectivity index (χ2v) is 7.59. The quantitative estimate of drug-likeness (QED) is 0.167. The summed E-state index contributed by atoms with van der Waals surface area (Å²) in [5, 5.41) is 22.8. The molecule has 0 atom stereocenters. The number of ketones is 1. The Morgan fingerprint density at radius 3 is 2.68 bits per heavy atom. The van der Waals surface area contributed by atoms with Crippen molar-refractivity contribution in [2.75, 3.05) is 6.54 Å². The van der Waals surface area contributed by atoms with Gasteiger partial charge in [0.2, 0.25) is 0 Å². The van der Waals surface area contributed by atoms with Crippen molar-refractivity contribution in [3.8, 4) is 17.5 Å². The average molecular weight is 421 g/mol. The van der Waals surface area contributed by atoms with Crippen LogP contribution in [0.2, 0.25) is 0 Å². The number of Topliss-reactive ketones (excluding diaryl/α,β-unsaturated/α-hetero) is 1. The number of nitriles is 1. The van der Waals surface area contributed by atoms with E-state index in [2.05, 4.69) is 23.5 Å². The van der Waals surface area contributed by atoms with Crippen LogP contribution < -0.4 is 5.32 Å². The Labute approximate surface area is 184 Å². The molecule has 0 aliphatic carbocycles. The molecule has 31 heavy (non-hydrogen) atoms. The maximum Gasteiger partial charge on any atom is 0.176 e. The van der Waals surface area contributed by atoms with E-state index < -0.39 is 0 Å². The molecular formula is C25H32N4O2. The van der Waals surface area contributed by atoms with Gasteiger partial charge in [0, 0.05) is 43.7 Å². The SMILES string of the molecule is CCCCC/C=C(\C=N)c1ccc(-c2cc(CCCC(=O)CCCNC#N)on2)cc1. The zero-order valence-corrected chi connectivity index (χ0v) is 18.3. The number of unbranched alkanes of at least 4 members (excludes halogenated alkanes) is 3. The van der Waals surface area contributed by atoms with E-state index in [4.69, 9.17) is 15.2 Å². The van der Waals surface area contributed by atoms with Crippen LogP contribution >= 0.6 is 0 Å². The molecule has 0 bridgehead atoms. The number of hydrogen-bond donors (Lipinski definition) is 2. The molecule has 0 spiro atoms. The lowest BCUT2D eigenvalue weighted by Crippen LogP contribution is -2.09. The Hall–Kier alpha value is -3.20. The predicted molar refractivity (Wildman–Crippen MR) is 124 cm³/mol. The highest BCUT2D eigenvalue weighted by Gasteiger charge is 2.09. The average Bonchev–Trinajstić information content (AvgIpc) is 3.26. The lowest BCUT2D eigenvalue weighted by atomic mass is 10.0. The van der Waals surface area contributed by atoms with E-state index in [1.54, 1.807) is 0 Å². The van der Waals surface area contributed by atoms with Crippen molar-refractivity contribution in [1.29, 1.82) is 10.7 Å².